The first-order valence-electron chi connectivity index (χ1n) is 8.04. The normalized spacial score (nSPS) is 11.5. The average molecular weight is 318 g/mol. The average Bonchev–Trinajstić information content (AvgIpc) is 3.21. The van der Waals surface area contributed by atoms with Crippen LogP contribution in [0.3, 0.4) is 0 Å². The standard InChI is InChI=1S/C19H18N4O/c1-13(2)18-21-22-19(24-18)17-11-14-7-3-4-9-16(14)23(17)12-15-8-5-6-10-20-15/h3-11,13H,12H2,1-2H3. The van der Waals surface area contributed by atoms with Crippen LogP contribution in [0.2, 0.25) is 0 Å². The van der Waals surface area contributed by atoms with Gasteiger partial charge in [-0.3, -0.25) is 4.98 Å². The lowest BCUT2D eigenvalue weighted by atomic mass is 10.2. The number of aromatic nitrogens is 4. The van der Waals surface area contributed by atoms with Crippen LogP contribution in [0, 0.1) is 0 Å². The van der Waals surface area contributed by atoms with Gasteiger partial charge in [0.25, 0.3) is 5.89 Å². The smallest absolute Gasteiger partial charge is 0.264 e. The molecule has 0 aliphatic carbocycles. The van der Waals surface area contributed by atoms with Gasteiger partial charge in [0.15, 0.2) is 0 Å². The minimum atomic E-state index is 0.208. The van der Waals surface area contributed by atoms with Crippen LogP contribution in [-0.2, 0) is 6.54 Å². The third kappa shape index (κ3) is 2.58. The first-order valence-corrected chi connectivity index (χ1v) is 8.04. The molecule has 0 bridgehead atoms. The van der Waals surface area contributed by atoms with E-state index in [0.717, 1.165) is 22.3 Å². The number of nitrogens with zero attached hydrogens (tertiary/aromatic N) is 4. The van der Waals surface area contributed by atoms with Crippen molar-refractivity contribution in [3.8, 4) is 11.6 Å². The molecular weight excluding hydrogens is 300 g/mol. The first-order chi connectivity index (χ1) is 11.7. The van der Waals surface area contributed by atoms with Gasteiger partial charge in [-0.25, -0.2) is 0 Å². The van der Waals surface area contributed by atoms with E-state index in [0.29, 0.717) is 18.3 Å². The molecule has 4 aromatic rings. The van der Waals surface area contributed by atoms with Crippen LogP contribution >= 0.6 is 0 Å². The van der Waals surface area contributed by atoms with Crippen LogP contribution in [0.5, 0.6) is 0 Å². The van der Waals surface area contributed by atoms with Gasteiger partial charge in [-0.05, 0) is 24.3 Å². The van der Waals surface area contributed by atoms with E-state index in [1.54, 1.807) is 0 Å². The fourth-order valence-electron chi connectivity index (χ4n) is 2.78. The molecule has 0 aliphatic heterocycles. The Hall–Kier alpha value is -2.95. The molecule has 3 heterocycles. The number of pyridine rings is 1. The topological polar surface area (TPSA) is 56.7 Å². The van der Waals surface area contributed by atoms with Crippen LogP contribution in [0.25, 0.3) is 22.5 Å². The van der Waals surface area contributed by atoms with Crippen LogP contribution in [0.1, 0.15) is 31.4 Å². The zero-order valence-corrected chi connectivity index (χ0v) is 13.7. The fraction of sp³-hybridized carbons (Fsp3) is 0.211. The van der Waals surface area contributed by atoms with E-state index in [2.05, 4.69) is 37.9 Å². The molecule has 0 saturated heterocycles. The first kappa shape index (κ1) is 14.6. The molecule has 0 atom stereocenters. The van der Waals surface area contributed by atoms with E-state index in [1.807, 2.05) is 50.4 Å². The largest absolute Gasteiger partial charge is 0.419 e. The van der Waals surface area contributed by atoms with Crippen molar-refractivity contribution in [1.29, 1.82) is 0 Å². The van der Waals surface area contributed by atoms with E-state index < -0.39 is 0 Å². The summed E-state index contributed by atoms with van der Waals surface area (Å²) >= 11 is 0. The van der Waals surface area contributed by atoms with Crippen LogP contribution < -0.4 is 0 Å². The summed E-state index contributed by atoms with van der Waals surface area (Å²) in [6, 6.07) is 16.3. The number of rotatable bonds is 4. The van der Waals surface area contributed by atoms with Gasteiger partial charge >= 0.3 is 0 Å². The lowest BCUT2D eigenvalue weighted by Crippen LogP contribution is -2.03. The summed E-state index contributed by atoms with van der Waals surface area (Å²) in [4.78, 5) is 4.44. The maximum atomic E-state index is 5.88. The summed E-state index contributed by atoms with van der Waals surface area (Å²) in [6.45, 7) is 4.74. The van der Waals surface area contributed by atoms with Crippen molar-refractivity contribution in [2.45, 2.75) is 26.3 Å². The van der Waals surface area contributed by atoms with Crippen molar-refractivity contribution in [3.05, 3.63) is 66.3 Å². The SMILES string of the molecule is CC(C)c1nnc(-c2cc3ccccc3n2Cc2ccccn2)o1. The Balaban J connectivity index is 1.86. The molecule has 3 aromatic heterocycles. The Kier molecular flexibility index (Phi) is 3.61. The Bertz CT molecular complexity index is 969. The number of para-hydroxylation sites is 1. The molecule has 4 rings (SSSR count). The molecule has 120 valence electrons. The van der Waals surface area contributed by atoms with Gasteiger partial charge in [0, 0.05) is 23.0 Å². The second kappa shape index (κ2) is 5.92. The molecule has 0 fully saturated rings. The maximum Gasteiger partial charge on any atom is 0.264 e. The minimum absolute atomic E-state index is 0.208. The molecule has 0 radical (unpaired) electrons. The summed E-state index contributed by atoms with van der Waals surface area (Å²) in [5.74, 6) is 1.41. The van der Waals surface area contributed by atoms with Crippen molar-refractivity contribution < 1.29 is 4.42 Å². The second-order valence-corrected chi connectivity index (χ2v) is 6.10. The third-order valence-corrected chi connectivity index (χ3v) is 4.01. The summed E-state index contributed by atoms with van der Waals surface area (Å²) in [7, 11) is 0. The van der Waals surface area contributed by atoms with E-state index in [9.17, 15) is 0 Å². The number of hydrogen-bond acceptors (Lipinski definition) is 4. The quantitative estimate of drug-likeness (QED) is 0.564. The third-order valence-electron chi connectivity index (χ3n) is 4.01. The summed E-state index contributed by atoms with van der Waals surface area (Å²) in [6.07, 6.45) is 1.81. The Morgan fingerprint density at radius 1 is 1.04 bits per heavy atom. The maximum absolute atomic E-state index is 5.88. The van der Waals surface area contributed by atoms with E-state index >= 15 is 0 Å². The Morgan fingerprint density at radius 3 is 2.62 bits per heavy atom. The van der Waals surface area contributed by atoms with Gasteiger partial charge in [0.1, 0.15) is 5.69 Å². The molecule has 5 heteroatoms. The van der Waals surface area contributed by atoms with E-state index in [-0.39, 0.29) is 5.92 Å². The highest BCUT2D eigenvalue weighted by molar-refractivity contribution is 5.85. The van der Waals surface area contributed by atoms with Gasteiger partial charge in [-0.15, -0.1) is 10.2 Å². The predicted molar refractivity (Wildman–Crippen MR) is 92.7 cm³/mol. The van der Waals surface area contributed by atoms with Crippen molar-refractivity contribution in [2.75, 3.05) is 0 Å². The molecule has 0 amide bonds. The zero-order valence-electron chi connectivity index (χ0n) is 13.7. The van der Waals surface area contributed by atoms with Crippen molar-refractivity contribution >= 4 is 10.9 Å². The van der Waals surface area contributed by atoms with Crippen LogP contribution in [0.15, 0.2) is 59.1 Å². The molecule has 1 aromatic carbocycles. The van der Waals surface area contributed by atoms with Crippen molar-refractivity contribution in [1.82, 2.24) is 19.7 Å². The van der Waals surface area contributed by atoms with Gasteiger partial charge in [-0.2, -0.15) is 0 Å². The molecule has 0 aliphatic rings. The molecule has 5 nitrogen and oxygen atoms in total. The van der Waals surface area contributed by atoms with Crippen LogP contribution in [-0.4, -0.2) is 19.7 Å². The van der Waals surface area contributed by atoms with Gasteiger partial charge < -0.3 is 8.98 Å². The highest BCUT2D eigenvalue weighted by atomic mass is 16.4. The Morgan fingerprint density at radius 2 is 1.88 bits per heavy atom. The number of fused-ring (bicyclic) bond motifs is 1. The molecule has 0 N–H and O–H groups in total. The minimum Gasteiger partial charge on any atom is -0.419 e. The number of hydrogen-bond donors (Lipinski definition) is 0. The summed E-state index contributed by atoms with van der Waals surface area (Å²) in [5.41, 5.74) is 3.03. The molecular formula is C19H18N4O. The van der Waals surface area contributed by atoms with Gasteiger partial charge in [-0.1, -0.05) is 38.1 Å². The van der Waals surface area contributed by atoms with Crippen molar-refractivity contribution in [3.63, 3.8) is 0 Å². The van der Waals surface area contributed by atoms with E-state index in [1.165, 1.54) is 0 Å². The predicted octanol–water partition coefficient (Wildman–Crippen LogP) is 4.26. The fourth-order valence-corrected chi connectivity index (χ4v) is 2.78. The van der Waals surface area contributed by atoms with E-state index in [4.69, 9.17) is 4.42 Å². The molecule has 0 spiro atoms. The van der Waals surface area contributed by atoms with Gasteiger partial charge in [0.05, 0.1) is 12.2 Å². The Labute approximate surface area is 140 Å². The molecule has 0 saturated carbocycles. The monoisotopic (exact) mass is 318 g/mol. The van der Waals surface area contributed by atoms with Crippen molar-refractivity contribution in [2.24, 2.45) is 0 Å². The zero-order chi connectivity index (χ0) is 16.5. The number of benzene rings is 1. The molecule has 24 heavy (non-hydrogen) atoms. The lowest BCUT2D eigenvalue weighted by molar-refractivity contribution is 0.478. The summed E-state index contributed by atoms with van der Waals surface area (Å²) < 4.78 is 8.05. The molecule has 0 unspecified atom stereocenters. The van der Waals surface area contributed by atoms with Gasteiger partial charge in [0.2, 0.25) is 5.89 Å². The highest BCUT2D eigenvalue weighted by Gasteiger charge is 2.17. The van der Waals surface area contributed by atoms with Crippen LogP contribution in [0.4, 0.5) is 0 Å². The highest BCUT2D eigenvalue weighted by Crippen LogP contribution is 2.29. The second-order valence-electron chi connectivity index (χ2n) is 6.10. The summed E-state index contributed by atoms with van der Waals surface area (Å²) in [5, 5.41) is 9.56. The lowest BCUT2D eigenvalue weighted by Gasteiger charge is -2.08.